The van der Waals surface area contributed by atoms with Crippen LogP contribution in [0, 0.1) is 25.2 Å². The van der Waals surface area contributed by atoms with Gasteiger partial charge in [-0.3, -0.25) is 0 Å². The number of rotatable bonds is 3. The molecule has 1 unspecified atom stereocenters. The maximum absolute atomic E-state index is 8.81. The van der Waals surface area contributed by atoms with E-state index in [0.29, 0.717) is 11.5 Å². The summed E-state index contributed by atoms with van der Waals surface area (Å²) in [7, 11) is 0. The molecule has 2 aromatic rings. The third-order valence-electron chi connectivity index (χ3n) is 2.77. The molecule has 0 spiro atoms. The first-order valence-electron chi connectivity index (χ1n) is 5.81. The van der Waals surface area contributed by atoms with Crippen LogP contribution in [-0.2, 0) is 0 Å². The maximum atomic E-state index is 8.81. The van der Waals surface area contributed by atoms with Crippen LogP contribution < -0.4 is 5.32 Å². The van der Waals surface area contributed by atoms with E-state index in [9.17, 15) is 0 Å². The van der Waals surface area contributed by atoms with Crippen molar-refractivity contribution in [1.82, 2.24) is 4.98 Å². The summed E-state index contributed by atoms with van der Waals surface area (Å²) in [5, 5.41) is 12.1. The van der Waals surface area contributed by atoms with E-state index in [2.05, 4.69) is 10.3 Å². The minimum Gasteiger partial charge on any atom is -0.466 e. The molecule has 1 N–H and O–H groups in total. The van der Waals surface area contributed by atoms with Gasteiger partial charge in [0.25, 0.3) is 0 Å². The van der Waals surface area contributed by atoms with Crippen LogP contribution in [0.15, 0.2) is 28.7 Å². The van der Waals surface area contributed by atoms with E-state index in [1.165, 1.54) is 0 Å². The Morgan fingerprint density at radius 2 is 2.17 bits per heavy atom. The number of aromatic nitrogens is 1. The summed E-state index contributed by atoms with van der Waals surface area (Å²) < 4.78 is 5.51. The van der Waals surface area contributed by atoms with Crippen molar-refractivity contribution in [3.63, 3.8) is 0 Å². The van der Waals surface area contributed by atoms with Gasteiger partial charge in [-0.2, -0.15) is 5.26 Å². The lowest BCUT2D eigenvalue weighted by atomic mass is 10.1. The van der Waals surface area contributed by atoms with Gasteiger partial charge in [-0.05, 0) is 39.0 Å². The Bertz CT molecular complexity index is 595. The second kappa shape index (κ2) is 4.92. The molecule has 0 saturated heterocycles. The zero-order valence-electron chi connectivity index (χ0n) is 10.7. The maximum Gasteiger partial charge on any atom is 0.142 e. The lowest BCUT2D eigenvalue weighted by Crippen LogP contribution is -2.08. The molecule has 2 rings (SSSR count). The summed E-state index contributed by atoms with van der Waals surface area (Å²) in [6.07, 6.45) is 0. The highest BCUT2D eigenvalue weighted by atomic mass is 16.3. The van der Waals surface area contributed by atoms with Crippen molar-refractivity contribution in [2.75, 3.05) is 5.32 Å². The van der Waals surface area contributed by atoms with Crippen LogP contribution in [0.2, 0.25) is 0 Å². The van der Waals surface area contributed by atoms with E-state index in [1.54, 1.807) is 6.07 Å². The predicted molar refractivity (Wildman–Crippen MR) is 69.2 cm³/mol. The summed E-state index contributed by atoms with van der Waals surface area (Å²) in [4.78, 5) is 4.19. The van der Waals surface area contributed by atoms with E-state index in [-0.39, 0.29) is 6.04 Å². The number of furan rings is 1. The number of nitrogens with zero attached hydrogens (tertiary/aromatic N) is 2. The van der Waals surface area contributed by atoms with Crippen molar-refractivity contribution in [1.29, 1.82) is 5.26 Å². The molecule has 0 saturated carbocycles. The van der Waals surface area contributed by atoms with Gasteiger partial charge in [-0.15, -0.1) is 0 Å². The van der Waals surface area contributed by atoms with Crippen LogP contribution in [-0.4, -0.2) is 4.98 Å². The number of hydrogen-bond acceptors (Lipinski definition) is 4. The highest BCUT2D eigenvalue weighted by molar-refractivity contribution is 5.41. The van der Waals surface area contributed by atoms with Gasteiger partial charge in [0.2, 0.25) is 0 Å². The molecule has 2 aromatic heterocycles. The third kappa shape index (κ3) is 2.51. The molecular weight excluding hydrogens is 226 g/mol. The molecule has 92 valence electrons. The number of hydrogen-bond donors (Lipinski definition) is 1. The third-order valence-corrected chi connectivity index (χ3v) is 2.77. The van der Waals surface area contributed by atoms with Gasteiger partial charge in [0.1, 0.15) is 29.1 Å². The topological polar surface area (TPSA) is 61.9 Å². The van der Waals surface area contributed by atoms with Gasteiger partial charge in [0.15, 0.2) is 0 Å². The molecule has 4 nitrogen and oxygen atoms in total. The fraction of sp³-hybridized carbons (Fsp3) is 0.286. The molecule has 18 heavy (non-hydrogen) atoms. The average molecular weight is 241 g/mol. The summed E-state index contributed by atoms with van der Waals surface area (Å²) in [5.41, 5.74) is 1.52. The number of nitriles is 1. The van der Waals surface area contributed by atoms with Crippen LogP contribution in [0.1, 0.15) is 35.7 Å². The number of pyridine rings is 1. The predicted octanol–water partition coefficient (Wildman–Crippen LogP) is 3.34. The highest BCUT2D eigenvalue weighted by Crippen LogP contribution is 2.24. The fourth-order valence-corrected chi connectivity index (χ4v) is 1.96. The molecule has 1 atom stereocenters. The minimum atomic E-state index is 0.0869. The molecule has 0 aliphatic heterocycles. The molecule has 4 heteroatoms. The van der Waals surface area contributed by atoms with Crippen molar-refractivity contribution < 1.29 is 4.42 Å². The van der Waals surface area contributed by atoms with Gasteiger partial charge >= 0.3 is 0 Å². The van der Waals surface area contributed by atoms with Crippen molar-refractivity contribution in [2.24, 2.45) is 0 Å². The van der Waals surface area contributed by atoms with Crippen molar-refractivity contribution in [3.8, 4) is 6.07 Å². The highest BCUT2D eigenvalue weighted by Gasteiger charge is 2.12. The number of aryl methyl sites for hydroxylation is 2. The van der Waals surface area contributed by atoms with E-state index >= 15 is 0 Å². The zero-order chi connectivity index (χ0) is 13.1. The summed E-state index contributed by atoms with van der Waals surface area (Å²) in [6.45, 7) is 5.91. The van der Waals surface area contributed by atoms with Crippen LogP contribution in [0.3, 0.4) is 0 Å². The number of nitrogens with one attached hydrogen (secondary N) is 1. The van der Waals surface area contributed by atoms with E-state index in [0.717, 1.165) is 17.1 Å². The number of anilines is 1. The second-order valence-corrected chi connectivity index (χ2v) is 4.25. The Balaban J connectivity index is 2.18. The molecule has 0 amide bonds. The summed E-state index contributed by atoms with van der Waals surface area (Å²) in [5.74, 6) is 2.50. The molecule has 0 aliphatic carbocycles. The molecule has 0 bridgehead atoms. The smallest absolute Gasteiger partial charge is 0.142 e. The molecular formula is C14H15N3O. The van der Waals surface area contributed by atoms with Gasteiger partial charge in [-0.25, -0.2) is 4.98 Å². The first-order chi connectivity index (χ1) is 8.60. The van der Waals surface area contributed by atoms with Crippen LogP contribution in [0.5, 0.6) is 0 Å². The Kier molecular flexibility index (Phi) is 3.33. The Labute approximate surface area is 106 Å². The molecule has 0 aromatic carbocycles. The Morgan fingerprint density at radius 1 is 1.39 bits per heavy atom. The average Bonchev–Trinajstić information content (AvgIpc) is 2.69. The van der Waals surface area contributed by atoms with Crippen molar-refractivity contribution in [3.05, 3.63) is 47.0 Å². The summed E-state index contributed by atoms with van der Waals surface area (Å²) >= 11 is 0. The van der Waals surface area contributed by atoms with E-state index < -0.39 is 0 Å². The largest absolute Gasteiger partial charge is 0.466 e. The molecule has 0 aliphatic rings. The van der Waals surface area contributed by atoms with Crippen molar-refractivity contribution in [2.45, 2.75) is 26.8 Å². The van der Waals surface area contributed by atoms with E-state index in [4.69, 9.17) is 9.68 Å². The standard InChI is InChI=1S/C14H15N3O/c1-9-7-13(11(3)18-9)10(2)16-14-6-4-5-12(8-15)17-14/h4-7,10H,1-3H3,(H,16,17). The van der Waals surface area contributed by atoms with Crippen LogP contribution >= 0.6 is 0 Å². The first kappa shape index (κ1) is 12.2. The first-order valence-corrected chi connectivity index (χ1v) is 5.81. The fourth-order valence-electron chi connectivity index (χ4n) is 1.96. The van der Waals surface area contributed by atoms with Gasteiger partial charge < -0.3 is 9.73 Å². The monoisotopic (exact) mass is 241 g/mol. The van der Waals surface area contributed by atoms with Crippen LogP contribution in [0.25, 0.3) is 0 Å². The second-order valence-electron chi connectivity index (χ2n) is 4.25. The quantitative estimate of drug-likeness (QED) is 0.895. The molecule has 0 fully saturated rings. The molecule has 0 radical (unpaired) electrons. The van der Waals surface area contributed by atoms with Crippen LogP contribution in [0.4, 0.5) is 5.82 Å². The van der Waals surface area contributed by atoms with Gasteiger partial charge in [-0.1, -0.05) is 6.07 Å². The normalized spacial score (nSPS) is 11.9. The molecule has 2 heterocycles. The minimum absolute atomic E-state index is 0.0869. The van der Waals surface area contributed by atoms with Crippen molar-refractivity contribution >= 4 is 5.82 Å². The zero-order valence-corrected chi connectivity index (χ0v) is 10.7. The lowest BCUT2D eigenvalue weighted by molar-refractivity contribution is 0.500. The lowest BCUT2D eigenvalue weighted by Gasteiger charge is -2.13. The SMILES string of the molecule is Cc1cc(C(C)Nc2cccc(C#N)n2)c(C)o1. The van der Waals surface area contributed by atoms with Gasteiger partial charge in [0, 0.05) is 5.56 Å². The Morgan fingerprint density at radius 3 is 2.78 bits per heavy atom. The van der Waals surface area contributed by atoms with Gasteiger partial charge in [0.05, 0.1) is 6.04 Å². The summed E-state index contributed by atoms with van der Waals surface area (Å²) in [6, 6.07) is 9.47. The van der Waals surface area contributed by atoms with E-state index in [1.807, 2.05) is 45.0 Å². The Hall–Kier alpha value is -2.28.